The third-order valence-electron chi connectivity index (χ3n) is 5.77. The molecule has 0 spiro atoms. The molecule has 1 amide bonds. The summed E-state index contributed by atoms with van der Waals surface area (Å²) in [5, 5.41) is 10.6. The predicted molar refractivity (Wildman–Crippen MR) is 124 cm³/mol. The van der Waals surface area contributed by atoms with E-state index in [1.54, 1.807) is 47.4 Å². The van der Waals surface area contributed by atoms with Crippen LogP contribution in [0.15, 0.2) is 66.0 Å². The summed E-state index contributed by atoms with van der Waals surface area (Å²) in [6.07, 6.45) is 2.11. The van der Waals surface area contributed by atoms with Gasteiger partial charge in [-0.15, -0.1) is 11.8 Å². The molecule has 3 heterocycles. The number of aromatic nitrogens is 2. The van der Waals surface area contributed by atoms with E-state index in [4.69, 9.17) is 9.47 Å². The Bertz CT molecular complexity index is 1110. The van der Waals surface area contributed by atoms with Crippen molar-refractivity contribution < 1.29 is 19.4 Å². The average Bonchev–Trinajstić information content (AvgIpc) is 3.36. The van der Waals surface area contributed by atoms with Gasteiger partial charge in [0.2, 0.25) is 6.79 Å². The molecule has 1 atom stereocenters. The number of carbonyl (C=O) groups excluding carboxylic acids is 1. The zero-order valence-electron chi connectivity index (χ0n) is 18.0. The lowest BCUT2D eigenvalue weighted by atomic mass is 10.1. The monoisotopic (exact) mass is 464 g/mol. The highest BCUT2D eigenvalue weighted by atomic mass is 32.2. The Morgan fingerprint density at radius 2 is 1.82 bits per heavy atom. The first kappa shape index (κ1) is 21.5. The normalized spacial score (nSPS) is 16.0. The summed E-state index contributed by atoms with van der Waals surface area (Å²) < 4.78 is 10.6. The van der Waals surface area contributed by atoms with Crippen LogP contribution in [0, 0.1) is 0 Å². The summed E-state index contributed by atoms with van der Waals surface area (Å²) in [7, 11) is 0. The molecule has 1 saturated heterocycles. The summed E-state index contributed by atoms with van der Waals surface area (Å²) in [4.78, 5) is 26.2. The Hall–Kier alpha value is -3.30. The number of benzene rings is 2. The fraction of sp³-hybridized carbons (Fsp3) is 0.292. The van der Waals surface area contributed by atoms with E-state index in [0.29, 0.717) is 43.2 Å². The summed E-state index contributed by atoms with van der Waals surface area (Å²) >= 11 is 1.74. The van der Waals surface area contributed by atoms with Crippen LogP contribution < -0.4 is 14.4 Å². The molecule has 33 heavy (non-hydrogen) atoms. The predicted octanol–water partition coefficient (Wildman–Crippen LogP) is 2.88. The first-order valence-electron chi connectivity index (χ1n) is 10.8. The summed E-state index contributed by atoms with van der Waals surface area (Å²) in [6, 6.07) is 15.5. The molecule has 0 bridgehead atoms. The largest absolute Gasteiger partial charge is 0.454 e. The van der Waals surface area contributed by atoms with Crippen molar-refractivity contribution in [2.45, 2.75) is 16.8 Å². The second-order valence-electron chi connectivity index (χ2n) is 7.81. The van der Waals surface area contributed by atoms with E-state index in [1.165, 1.54) is 4.90 Å². The van der Waals surface area contributed by atoms with Gasteiger partial charge in [0.15, 0.2) is 17.6 Å². The Balaban J connectivity index is 1.14. The van der Waals surface area contributed by atoms with Crippen LogP contribution >= 0.6 is 11.8 Å². The molecule has 2 aliphatic rings. The number of carbonyl (C=O) groups is 1. The van der Waals surface area contributed by atoms with Gasteiger partial charge in [0.25, 0.3) is 5.91 Å². The number of rotatable bonds is 6. The highest BCUT2D eigenvalue weighted by molar-refractivity contribution is 7.98. The molecular formula is C24H24N4O4S. The number of hydrogen-bond donors (Lipinski definition) is 1. The smallest absolute Gasteiger partial charge is 0.256 e. The molecule has 2 aromatic carbocycles. The minimum Gasteiger partial charge on any atom is -0.454 e. The van der Waals surface area contributed by atoms with Gasteiger partial charge in [0.1, 0.15) is 6.33 Å². The van der Waals surface area contributed by atoms with E-state index in [1.807, 2.05) is 6.07 Å². The molecule has 1 aromatic heterocycles. The number of aliphatic hydroxyl groups excluding tert-OH is 1. The zero-order valence-corrected chi connectivity index (χ0v) is 18.8. The molecular weight excluding hydrogens is 440 g/mol. The van der Waals surface area contributed by atoms with Gasteiger partial charge in [-0.1, -0.05) is 6.07 Å². The SMILES string of the molecule is O=C(C(O)c1ccc2c(c1)OCO2)N1CCN(c2ccc(SCc3ccncn3)cc2)CC1. The van der Waals surface area contributed by atoms with Gasteiger partial charge in [-0.3, -0.25) is 4.79 Å². The van der Waals surface area contributed by atoms with Crippen molar-refractivity contribution in [3.05, 3.63) is 72.3 Å². The fourth-order valence-corrected chi connectivity index (χ4v) is 4.71. The first-order chi connectivity index (χ1) is 16.2. The minimum absolute atomic E-state index is 0.159. The number of fused-ring (bicyclic) bond motifs is 1. The molecule has 3 aromatic rings. The Morgan fingerprint density at radius 1 is 1.03 bits per heavy atom. The Morgan fingerprint density at radius 3 is 2.58 bits per heavy atom. The lowest BCUT2D eigenvalue weighted by Crippen LogP contribution is -2.50. The number of thioether (sulfide) groups is 1. The molecule has 0 saturated carbocycles. The lowest BCUT2D eigenvalue weighted by Gasteiger charge is -2.37. The van der Waals surface area contributed by atoms with Crippen LogP contribution in [0.3, 0.4) is 0 Å². The van der Waals surface area contributed by atoms with Gasteiger partial charge in [-0.25, -0.2) is 9.97 Å². The van der Waals surface area contributed by atoms with E-state index < -0.39 is 6.10 Å². The standard InChI is InChI=1S/C24H24N4O4S/c29-23(17-1-6-21-22(13-17)32-16-31-21)24(30)28-11-9-27(10-12-28)19-2-4-20(5-3-19)33-14-18-7-8-25-15-26-18/h1-8,13,15,23,29H,9-12,14,16H2. The van der Waals surface area contributed by atoms with Gasteiger partial charge in [0, 0.05) is 48.7 Å². The van der Waals surface area contributed by atoms with E-state index >= 15 is 0 Å². The van der Waals surface area contributed by atoms with E-state index in [2.05, 4.69) is 39.1 Å². The highest BCUT2D eigenvalue weighted by Crippen LogP contribution is 2.34. The van der Waals surface area contributed by atoms with Crippen molar-refractivity contribution in [1.82, 2.24) is 14.9 Å². The van der Waals surface area contributed by atoms with Crippen LogP contribution in [0.5, 0.6) is 11.5 Å². The van der Waals surface area contributed by atoms with Crippen LogP contribution in [0.25, 0.3) is 0 Å². The summed E-state index contributed by atoms with van der Waals surface area (Å²) in [5.41, 5.74) is 2.65. The maximum absolute atomic E-state index is 12.8. The topological polar surface area (TPSA) is 88.0 Å². The van der Waals surface area contributed by atoms with Crippen molar-refractivity contribution in [1.29, 1.82) is 0 Å². The van der Waals surface area contributed by atoms with Gasteiger partial charge < -0.3 is 24.4 Å². The molecule has 9 heteroatoms. The van der Waals surface area contributed by atoms with E-state index in [-0.39, 0.29) is 12.7 Å². The molecule has 8 nitrogen and oxygen atoms in total. The van der Waals surface area contributed by atoms with E-state index in [0.717, 1.165) is 17.1 Å². The summed E-state index contributed by atoms with van der Waals surface area (Å²) in [5.74, 6) is 1.70. The zero-order chi connectivity index (χ0) is 22.6. The van der Waals surface area contributed by atoms with Crippen molar-refractivity contribution in [3.63, 3.8) is 0 Å². The third-order valence-corrected chi connectivity index (χ3v) is 6.82. The number of piperazine rings is 1. The van der Waals surface area contributed by atoms with Crippen molar-refractivity contribution in [3.8, 4) is 11.5 Å². The molecule has 5 rings (SSSR count). The molecule has 0 aliphatic carbocycles. The van der Waals surface area contributed by atoms with E-state index in [9.17, 15) is 9.90 Å². The second kappa shape index (κ2) is 9.68. The van der Waals surface area contributed by atoms with Crippen molar-refractivity contribution in [2.24, 2.45) is 0 Å². The number of amides is 1. The van der Waals surface area contributed by atoms with Crippen molar-refractivity contribution >= 4 is 23.4 Å². The van der Waals surface area contributed by atoms with Gasteiger partial charge in [0.05, 0.1) is 5.69 Å². The first-order valence-corrected chi connectivity index (χ1v) is 11.7. The van der Waals surface area contributed by atoms with Crippen LogP contribution in [0.2, 0.25) is 0 Å². The number of aliphatic hydroxyl groups is 1. The lowest BCUT2D eigenvalue weighted by molar-refractivity contribution is -0.140. The molecule has 1 unspecified atom stereocenters. The molecule has 1 N–H and O–H groups in total. The Kier molecular flexibility index (Phi) is 6.32. The molecule has 170 valence electrons. The van der Waals surface area contributed by atoms with Gasteiger partial charge in [-0.2, -0.15) is 0 Å². The number of ether oxygens (including phenoxy) is 2. The maximum Gasteiger partial charge on any atom is 0.256 e. The minimum atomic E-state index is -1.21. The van der Waals surface area contributed by atoms with Crippen LogP contribution in [-0.2, 0) is 10.5 Å². The average molecular weight is 465 g/mol. The van der Waals surface area contributed by atoms with Gasteiger partial charge >= 0.3 is 0 Å². The van der Waals surface area contributed by atoms with Crippen molar-refractivity contribution in [2.75, 3.05) is 37.9 Å². The summed E-state index contributed by atoms with van der Waals surface area (Å²) in [6.45, 7) is 2.71. The molecule has 2 aliphatic heterocycles. The molecule has 1 fully saturated rings. The second-order valence-corrected chi connectivity index (χ2v) is 8.86. The number of anilines is 1. The van der Waals surface area contributed by atoms with Crippen LogP contribution in [0.1, 0.15) is 17.4 Å². The third kappa shape index (κ3) is 4.89. The quantitative estimate of drug-likeness (QED) is 0.557. The van der Waals surface area contributed by atoms with Gasteiger partial charge in [-0.05, 0) is 48.0 Å². The number of nitrogens with zero attached hydrogens (tertiary/aromatic N) is 4. The fourth-order valence-electron chi connectivity index (χ4n) is 3.90. The maximum atomic E-state index is 12.8. The Labute approximate surface area is 196 Å². The number of hydrogen-bond acceptors (Lipinski definition) is 8. The highest BCUT2D eigenvalue weighted by Gasteiger charge is 2.28. The molecule has 0 radical (unpaired) electrons. The van der Waals surface area contributed by atoms with Crippen LogP contribution in [0.4, 0.5) is 5.69 Å². The van der Waals surface area contributed by atoms with Crippen LogP contribution in [-0.4, -0.2) is 58.9 Å².